The van der Waals surface area contributed by atoms with Crippen molar-refractivity contribution in [3.8, 4) is 0 Å². The monoisotopic (exact) mass is 223 g/mol. The average Bonchev–Trinajstić information content (AvgIpc) is 2.24. The molecule has 0 aromatic carbocycles. The van der Waals surface area contributed by atoms with Crippen LogP contribution in [-0.4, -0.2) is 27.6 Å². The number of nitrogens with one attached hydrogen (secondary N) is 1. The normalized spacial score (nSPS) is 10.2. The molecule has 0 spiro atoms. The quantitative estimate of drug-likeness (QED) is 0.711. The number of anilines is 1. The number of nitrogens with two attached hydrogens (primary N) is 1. The Kier molecular flexibility index (Phi) is 4.78. The molecule has 16 heavy (non-hydrogen) atoms. The summed E-state index contributed by atoms with van der Waals surface area (Å²) in [4.78, 5) is 15.5. The van der Waals surface area contributed by atoms with E-state index in [1.54, 1.807) is 0 Å². The largest absolute Gasteiger partial charge is 0.330 e. The molecule has 88 valence electrons. The number of aromatic nitrogens is 3. The predicted octanol–water partition coefficient (Wildman–Crippen LogP) is 0.556. The fourth-order valence-electron chi connectivity index (χ4n) is 1.13. The molecule has 0 saturated carbocycles. The molecule has 0 fully saturated rings. The van der Waals surface area contributed by atoms with E-state index >= 15 is 0 Å². The molecule has 0 aliphatic carbocycles. The molecule has 0 aliphatic rings. The van der Waals surface area contributed by atoms with Crippen molar-refractivity contribution in [1.82, 2.24) is 15.2 Å². The molecule has 1 heterocycles. The van der Waals surface area contributed by atoms with Gasteiger partial charge in [0.25, 0.3) is 0 Å². The van der Waals surface area contributed by atoms with E-state index in [1.165, 1.54) is 0 Å². The van der Waals surface area contributed by atoms with Gasteiger partial charge in [-0.15, -0.1) is 5.10 Å². The molecule has 1 rings (SSSR count). The molecule has 0 atom stereocenters. The van der Waals surface area contributed by atoms with E-state index in [4.69, 9.17) is 5.73 Å². The maximum Gasteiger partial charge on any atom is 0.249 e. The van der Waals surface area contributed by atoms with Crippen molar-refractivity contribution in [2.45, 2.75) is 33.1 Å². The molecule has 1 aromatic rings. The highest BCUT2D eigenvalue weighted by atomic mass is 16.1. The van der Waals surface area contributed by atoms with Gasteiger partial charge < -0.3 is 5.73 Å². The molecular weight excluding hydrogens is 206 g/mol. The van der Waals surface area contributed by atoms with Crippen LogP contribution in [0, 0.1) is 13.8 Å². The van der Waals surface area contributed by atoms with E-state index < -0.39 is 0 Å². The number of unbranched alkanes of at least 4 members (excludes halogenated alkanes) is 1. The summed E-state index contributed by atoms with van der Waals surface area (Å²) in [6, 6.07) is 0. The van der Waals surface area contributed by atoms with E-state index in [1.807, 2.05) is 13.8 Å². The summed E-state index contributed by atoms with van der Waals surface area (Å²) in [6.45, 7) is 4.26. The molecule has 0 bridgehead atoms. The Bertz CT molecular complexity index is 366. The number of hydrogen-bond donors (Lipinski definition) is 2. The second-order valence-electron chi connectivity index (χ2n) is 3.60. The van der Waals surface area contributed by atoms with Gasteiger partial charge in [-0.3, -0.25) is 10.1 Å². The molecule has 0 radical (unpaired) electrons. The lowest BCUT2D eigenvalue weighted by molar-refractivity contribution is -0.116. The summed E-state index contributed by atoms with van der Waals surface area (Å²) in [5, 5.41) is 10.3. The highest BCUT2D eigenvalue weighted by Crippen LogP contribution is 2.03. The van der Waals surface area contributed by atoms with Gasteiger partial charge in [0.2, 0.25) is 11.9 Å². The fraction of sp³-hybridized carbons (Fsp3) is 0.600. The first-order valence-electron chi connectivity index (χ1n) is 5.31. The third-order valence-corrected chi connectivity index (χ3v) is 2.20. The molecule has 3 N–H and O–H groups in total. The van der Waals surface area contributed by atoms with Crippen LogP contribution in [0.25, 0.3) is 0 Å². The zero-order chi connectivity index (χ0) is 12.0. The number of nitrogens with zero attached hydrogens (tertiary/aromatic N) is 3. The first kappa shape index (κ1) is 12.5. The molecule has 6 nitrogen and oxygen atoms in total. The predicted molar refractivity (Wildman–Crippen MR) is 60.8 cm³/mol. The highest BCUT2D eigenvalue weighted by molar-refractivity contribution is 5.88. The third-order valence-electron chi connectivity index (χ3n) is 2.20. The van der Waals surface area contributed by atoms with Crippen molar-refractivity contribution in [3.63, 3.8) is 0 Å². The van der Waals surface area contributed by atoms with Gasteiger partial charge in [0.1, 0.15) is 0 Å². The van der Waals surface area contributed by atoms with Crippen molar-refractivity contribution >= 4 is 11.9 Å². The average molecular weight is 223 g/mol. The number of carbonyl (C=O) groups is 1. The van der Waals surface area contributed by atoms with E-state index in [0.717, 1.165) is 24.2 Å². The lowest BCUT2D eigenvalue weighted by atomic mass is 10.2. The number of aryl methyl sites for hydroxylation is 2. The Morgan fingerprint density at radius 3 is 2.62 bits per heavy atom. The van der Waals surface area contributed by atoms with Gasteiger partial charge in [-0.1, -0.05) is 0 Å². The maximum absolute atomic E-state index is 11.4. The van der Waals surface area contributed by atoms with Crippen LogP contribution >= 0.6 is 0 Å². The minimum atomic E-state index is -0.0986. The van der Waals surface area contributed by atoms with Crippen molar-refractivity contribution in [2.75, 3.05) is 11.9 Å². The van der Waals surface area contributed by atoms with Crippen molar-refractivity contribution in [3.05, 3.63) is 11.4 Å². The molecule has 0 unspecified atom stereocenters. The van der Waals surface area contributed by atoms with Crippen LogP contribution in [0.5, 0.6) is 0 Å². The van der Waals surface area contributed by atoms with Crippen LogP contribution in [0.4, 0.5) is 5.95 Å². The van der Waals surface area contributed by atoms with Gasteiger partial charge >= 0.3 is 0 Å². The van der Waals surface area contributed by atoms with Crippen molar-refractivity contribution in [1.29, 1.82) is 0 Å². The van der Waals surface area contributed by atoms with E-state index in [-0.39, 0.29) is 11.9 Å². The summed E-state index contributed by atoms with van der Waals surface area (Å²) in [7, 11) is 0. The highest BCUT2D eigenvalue weighted by Gasteiger charge is 2.05. The molecule has 0 saturated heterocycles. The lowest BCUT2D eigenvalue weighted by Gasteiger charge is -2.04. The lowest BCUT2D eigenvalue weighted by Crippen LogP contribution is -2.15. The minimum absolute atomic E-state index is 0.0986. The maximum atomic E-state index is 11.4. The van der Waals surface area contributed by atoms with E-state index in [9.17, 15) is 4.79 Å². The zero-order valence-corrected chi connectivity index (χ0v) is 9.66. The van der Waals surface area contributed by atoms with E-state index in [0.29, 0.717) is 13.0 Å². The number of rotatable bonds is 5. The second-order valence-corrected chi connectivity index (χ2v) is 3.60. The van der Waals surface area contributed by atoms with Crippen LogP contribution in [0.1, 0.15) is 30.7 Å². The van der Waals surface area contributed by atoms with Gasteiger partial charge in [0.05, 0.1) is 11.4 Å². The van der Waals surface area contributed by atoms with Crippen LogP contribution in [0.2, 0.25) is 0 Å². The smallest absolute Gasteiger partial charge is 0.249 e. The molecular formula is C10H17N5O. The Labute approximate surface area is 94.7 Å². The van der Waals surface area contributed by atoms with E-state index in [2.05, 4.69) is 20.5 Å². The number of amides is 1. The number of hydrogen-bond acceptors (Lipinski definition) is 5. The summed E-state index contributed by atoms with van der Waals surface area (Å²) < 4.78 is 0. The summed E-state index contributed by atoms with van der Waals surface area (Å²) in [5.74, 6) is 0.166. The second kappa shape index (κ2) is 6.12. The van der Waals surface area contributed by atoms with Crippen LogP contribution in [0.3, 0.4) is 0 Å². The first-order valence-corrected chi connectivity index (χ1v) is 5.31. The van der Waals surface area contributed by atoms with Gasteiger partial charge in [0.15, 0.2) is 0 Å². The molecule has 1 amide bonds. The summed E-state index contributed by atoms with van der Waals surface area (Å²) in [5.41, 5.74) is 6.87. The first-order chi connectivity index (χ1) is 7.63. The minimum Gasteiger partial charge on any atom is -0.330 e. The third kappa shape index (κ3) is 3.90. The van der Waals surface area contributed by atoms with Gasteiger partial charge in [0, 0.05) is 6.42 Å². The zero-order valence-electron chi connectivity index (χ0n) is 9.66. The summed E-state index contributed by atoms with van der Waals surface area (Å²) in [6.07, 6.45) is 2.06. The van der Waals surface area contributed by atoms with Crippen LogP contribution in [-0.2, 0) is 4.79 Å². The Hall–Kier alpha value is -1.56. The van der Waals surface area contributed by atoms with Crippen molar-refractivity contribution < 1.29 is 4.79 Å². The fourth-order valence-corrected chi connectivity index (χ4v) is 1.13. The van der Waals surface area contributed by atoms with Crippen molar-refractivity contribution in [2.24, 2.45) is 5.73 Å². The Balaban J connectivity index is 2.46. The molecule has 1 aromatic heterocycles. The van der Waals surface area contributed by atoms with Gasteiger partial charge in [-0.05, 0) is 33.2 Å². The topological polar surface area (TPSA) is 93.8 Å². The molecule has 6 heteroatoms. The SMILES string of the molecule is Cc1nnc(NC(=O)CCCCN)nc1C. The number of carbonyl (C=O) groups excluding carboxylic acids is 1. The van der Waals surface area contributed by atoms with Gasteiger partial charge in [-0.2, -0.15) is 5.10 Å². The summed E-state index contributed by atoms with van der Waals surface area (Å²) >= 11 is 0. The van der Waals surface area contributed by atoms with Gasteiger partial charge in [-0.25, -0.2) is 4.98 Å². The Morgan fingerprint density at radius 1 is 1.25 bits per heavy atom. The van der Waals surface area contributed by atoms with Crippen LogP contribution < -0.4 is 11.1 Å². The standard InChI is InChI=1S/C10H17N5O/c1-7-8(2)14-15-10(12-7)13-9(16)5-3-4-6-11/h3-6,11H2,1-2H3,(H,12,13,15,16). The molecule has 0 aliphatic heterocycles. The van der Waals surface area contributed by atoms with Crippen LogP contribution in [0.15, 0.2) is 0 Å². The Morgan fingerprint density at radius 2 is 2.00 bits per heavy atom.